The molecule has 5 heteroatoms. The van der Waals surface area contributed by atoms with Crippen LogP contribution < -0.4 is 16.0 Å². The van der Waals surface area contributed by atoms with Gasteiger partial charge in [-0.3, -0.25) is 0 Å². The number of nitrogens with zero attached hydrogens (tertiary/aromatic N) is 3. The van der Waals surface area contributed by atoms with Crippen molar-refractivity contribution in [1.82, 2.24) is 15.3 Å². The van der Waals surface area contributed by atoms with Crippen LogP contribution in [0.3, 0.4) is 0 Å². The average Bonchev–Trinajstić information content (AvgIpc) is 2.71. The SMILES string of the molecule is Nc1nc2c(c(N3CCC4NCC43)n1)CCCc1ccccc1-2. The largest absolute Gasteiger partial charge is 0.368 e. The van der Waals surface area contributed by atoms with Gasteiger partial charge in [-0.15, -0.1) is 0 Å². The van der Waals surface area contributed by atoms with Gasteiger partial charge in [0, 0.05) is 30.3 Å². The Morgan fingerprint density at radius 3 is 2.91 bits per heavy atom. The number of aryl methyl sites for hydroxylation is 1. The molecule has 1 aromatic heterocycles. The van der Waals surface area contributed by atoms with E-state index in [0.29, 0.717) is 18.0 Å². The third-order valence-electron chi connectivity index (χ3n) is 5.55. The minimum atomic E-state index is 0.395. The number of aromatic nitrogens is 2. The maximum atomic E-state index is 6.09. The Balaban J connectivity index is 1.69. The van der Waals surface area contributed by atoms with Crippen LogP contribution in [0.15, 0.2) is 24.3 Å². The van der Waals surface area contributed by atoms with E-state index in [9.17, 15) is 0 Å². The van der Waals surface area contributed by atoms with Crippen molar-refractivity contribution in [2.24, 2.45) is 0 Å². The molecule has 23 heavy (non-hydrogen) atoms. The van der Waals surface area contributed by atoms with Gasteiger partial charge in [0.05, 0.1) is 11.7 Å². The lowest BCUT2D eigenvalue weighted by Crippen LogP contribution is -2.59. The van der Waals surface area contributed by atoms with Crippen LogP contribution in [-0.2, 0) is 12.8 Å². The Morgan fingerprint density at radius 2 is 2.09 bits per heavy atom. The quantitative estimate of drug-likeness (QED) is 0.840. The molecule has 2 fully saturated rings. The molecule has 1 aliphatic carbocycles. The lowest BCUT2D eigenvalue weighted by Gasteiger charge is -2.38. The normalized spacial score (nSPS) is 25.1. The second-order valence-electron chi connectivity index (χ2n) is 6.81. The summed E-state index contributed by atoms with van der Waals surface area (Å²) in [5, 5.41) is 3.51. The van der Waals surface area contributed by atoms with Gasteiger partial charge in [0.15, 0.2) is 0 Å². The second kappa shape index (κ2) is 4.93. The number of nitrogens with one attached hydrogen (secondary N) is 1. The summed E-state index contributed by atoms with van der Waals surface area (Å²) in [6.45, 7) is 2.12. The highest BCUT2D eigenvalue weighted by atomic mass is 15.3. The Bertz CT molecular complexity index is 772. The summed E-state index contributed by atoms with van der Waals surface area (Å²) in [7, 11) is 0. The highest BCUT2D eigenvalue weighted by Gasteiger charge is 2.42. The van der Waals surface area contributed by atoms with Gasteiger partial charge in [0.2, 0.25) is 5.95 Å². The van der Waals surface area contributed by atoms with E-state index in [4.69, 9.17) is 5.73 Å². The van der Waals surface area contributed by atoms with Crippen molar-refractivity contribution in [3.63, 3.8) is 0 Å². The fourth-order valence-electron chi connectivity index (χ4n) is 4.32. The van der Waals surface area contributed by atoms with E-state index in [1.54, 1.807) is 0 Å². The molecule has 118 valence electrons. The van der Waals surface area contributed by atoms with Crippen molar-refractivity contribution in [3.05, 3.63) is 35.4 Å². The maximum absolute atomic E-state index is 6.09. The van der Waals surface area contributed by atoms with Crippen molar-refractivity contribution in [2.75, 3.05) is 23.7 Å². The Labute approximate surface area is 135 Å². The van der Waals surface area contributed by atoms with Crippen molar-refractivity contribution in [1.29, 1.82) is 0 Å². The zero-order valence-corrected chi connectivity index (χ0v) is 13.1. The van der Waals surface area contributed by atoms with E-state index in [2.05, 4.69) is 44.5 Å². The Hall–Kier alpha value is -2.14. The minimum Gasteiger partial charge on any atom is -0.368 e. The van der Waals surface area contributed by atoms with Crippen LogP contribution in [0.2, 0.25) is 0 Å². The highest BCUT2D eigenvalue weighted by Crippen LogP contribution is 2.38. The predicted molar refractivity (Wildman–Crippen MR) is 91.4 cm³/mol. The first kappa shape index (κ1) is 13.3. The van der Waals surface area contributed by atoms with Gasteiger partial charge >= 0.3 is 0 Å². The van der Waals surface area contributed by atoms with Crippen molar-refractivity contribution >= 4 is 11.8 Å². The third kappa shape index (κ3) is 1.96. The molecule has 2 aromatic rings. The number of rotatable bonds is 1. The monoisotopic (exact) mass is 307 g/mol. The zero-order chi connectivity index (χ0) is 15.4. The summed E-state index contributed by atoms with van der Waals surface area (Å²) in [5.41, 5.74) is 11.0. The molecule has 2 saturated heterocycles. The van der Waals surface area contributed by atoms with Crippen LogP contribution >= 0.6 is 0 Å². The fourth-order valence-corrected chi connectivity index (χ4v) is 4.32. The lowest BCUT2D eigenvalue weighted by molar-refractivity contribution is 0.347. The Kier molecular flexibility index (Phi) is 2.85. The number of nitrogens with two attached hydrogens (primary N) is 1. The topological polar surface area (TPSA) is 67.1 Å². The van der Waals surface area contributed by atoms with Gasteiger partial charge in [0.25, 0.3) is 0 Å². The van der Waals surface area contributed by atoms with E-state index in [1.165, 1.54) is 23.1 Å². The van der Waals surface area contributed by atoms with Gasteiger partial charge in [-0.1, -0.05) is 24.3 Å². The molecule has 0 spiro atoms. The number of nitrogen functional groups attached to an aromatic ring is 1. The van der Waals surface area contributed by atoms with E-state index in [1.807, 2.05) is 0 Å². The first-order valence-corrected chi connectivity index (χ1v) is 8.56. The highest BCUT2D eigenvalue weighted by molar-refractivity contribution is 5.74. The van der Waals surface area contributed by atoms with Crippen LogP contribution in [0.5, 0.6) is 0 Å². The molecule has 5 nitrogen and oxygen atoms in total. The molecule has 5 rings (SSSR count). The molecule has 0 radical (unpaired) electrons. The number of benzene rings is 1. The summed E-state index contributed by atoms with van der Waals surface area (Å²) >= 11 is 0. The summed E-state index contributed by atoms with van der Waals surface area (Å²) in [4.78, 5) is 11.8. The summed E-state index contributed by atoms with van der Waals surface area (Å²) in [6, 6.07) is 9.79. The second-order valence-corrected chi connectivity index (χ2v) is 6.81. The van der Waals surface area contributed by atoms with E-state index in [-0.39, 0.29) is 0 Å². The smallest absolute Gasteiger partial charge is 0.222 e. The lowest BCUT2D eigenvalue weighted by atomic mass is 10.00. The zero-order valence-electron chi connectivity index (χ0n) is 13.1. The molecular weight excluding hydrogens is 286 g/mol. The van der Waals surface area contributed by atoms with Crippen LogP contribution in [0.4, 0.5) is 11.8 Å². The molecule has 3 heterocycles. The van der Waals surface area contributed by atoms with E-state index in [0.717, 1.165) is 43.9 Å². The van der Waals surface area contributed by atoms with Gasteiger partial charge in [-0.05, 0) is 31.2 Å². The van der Waals surface area contributed by atoms with Gasteiger partial charge < -0.3 is 16.0 Å². The van der Waals surface area contributed by atoms with Crippen LogP contribution in [0.25, 0.3) is 11.3 Å². The van der Waals surface area contributed by atoms with E-state index >= 15 is 0 Å². The molecule has 0 amide bonds. The number of fused-ring (bicyclic) bond motifs is 4. The molecule has 0 bridgehead atoms. The van der Waals surface area contributed by atoms with Crippen LogP contribution in [0.1, 0.15) is 24.0 Å². The molecule has 3 N–H and O–H groups in total. The summed E-state index contributed by atoms with van der Waals surface area (Å²) in [6.07, 6.45) is 4.46. The average molecular weight is 307 g/mol. The number of hydrogen-bond donors (Lipinski definition) is 2. The molecule has 2 aliphatic heterocycles. The van der Waals surface area contributed by atoms with Gasteiger partial charge in [-0.25, -0.2) is 4.98 Å². The van der Waals surface area contributed by atoms with Gasteiger partial charge in [-0.2, -0.15) is 4.98 Å². The van der Waals surface area contributed by atoms with Crippen molar-refractivity contribution in [2.45, 2.75) is 37.8 Å². The number of hydrogen-bond acceptors (Lipinski definition) is 5. The van der Waals surface area contributed by atoms with Crippen LogP contribution in [-0.4, -0.2) is 35.1 Å². The fraction of sp³-hybridized carbons (Fsp3) is 0.444. The Morgan fingerprint density at radius 1 is 1.17 bits per heavy atom. The standard InChI is InChI=1S/C18H21N5/c19-18-21-16-12-6-2-1-4-11(12)5-3-7-13(16)17(22-18)23-9-8-14-15(23)10-20-14/h1-2,4,6,14-15,20H,3,5,7-10H2,(H2,19,21,22). The van der Waals surface area contributed by atoms with Crippen molar-refractivity contribution in [3.8, 4) is 11.3 Å². The maximum Gasteiger partial charge on any atom is 0.222 e. The number of anilines is 2. The molecule has 0 saturated carbocycles. The van der Waals surface area contributed by atoms with Crippen LogP contribution in [0, 0.1) is 0 Å². The first-order chi connectivity index (χ1) is 11.3. The molecular formula is C18H21N5. The minimum absolute atomic E-state index is 0.395. The first-order valence-electron chi connectivity index (χ1n) is 8.56. The van der Waals surface area contributed by atoms with Crippen molar-refractivity contribution < 1.29 is 0 Å². The third-order valence-corrected chi connectivity index (χ3v) is 5.55. The molecule has 3 aliphatic rings. The van der Waals surface area contributed by atoms with Gasteiger partial charge in [0.1, 0.15) is 5.82 Å². The molecule has 2 atom stereocenters. The van der Waals surface area contributed by atoms with E-state index < -0.39 is 0 Å². The predicted octanol–water partition coefficient (Wildman–Crippen LogP) is 1.76. The molecule has 2 unspecified atom stereocenters. The molecule has 1 aromatic carbocycles. The summed E-state index contributed by atoms with van der Waals surface area (Å²) < 4.78 is 0. The summed E-state index contributed by atoms with van der Waals surface area (Å²) in [5.74, 6) is 1.48.